The molecule has 0 radical (unpaired) electrons. The molecule has 0 aromatic carbocycles. The highest BCUT2D eigenvalue weighted by Gasteiger charge is 2.07. The lowest BCUT2D eigenvalue weighted by molar-refractivity contribution is 0.500. The summed E-state index contributed by atoms with van der Waals surface area (Å²) in [6.07, 6.45) is 2.22. The Morgan fingerprint density at radius 3 is 3.12 bits per heavy atom. The Morgan fingerprint density at radius 1 is 1.50 bits per heavy atom. The third-order valence-electron chi connectivity index (χ3n) is 2.08. The first-order valence-electron chi connectivity index (χ1n) is 4.95. The van der Waals surface area contributed by atoms with Gasteiger partial charge in [0.05, 0.1) is 0 Å². The van der Waals surface area contributed by atoms with Crippen molar-refractivity contribution in [1.82, 2.24) is 20.5 Å². The van der Waals surface area contributed by atoms with Crippen LogP contribution in [0, 0.1) is 0 Å². The lowest BCUT2D eigenvalue weighted by atomic mass is 10.3. The van der Waals surface area contributed by atoms with Crippen LogP contribution in [0.3, 0.4) is 0 Å². The van der Waals surface area contributed by atoms with E-state index in [1.54, 1.807) is 12.3 Å². The summed E-state index contributed by atoms with van der Waals surface area (Å²) in [7, 11) is 1.86. The summed E-state index contributed by atoms with van der Waals surface area (Å²) in [6, 6.07) is 3.14. The molecule has 0 aliphatic heterocycles. The molecule has 2 heterocycles. The molecule has 0 spiro atoms. The predicted molar refractivity (Wildman–Crippen MR) is 58.0 cm³/mol. The number of hydrogen-bond acceptors (Lipinski definition) is 5. The number of nitrogens with one attached hydrogen (secondary N) is 2. The van der Waals surface area contributed by atoms with Gasteiger partial charge in [-0.2, -0.15) is 0 Å². The summed E-state index contributed by atoms with van der Waals surface area (Å²) in [5.41, 5.74) is 0.444. The molecular weight excluding hydrogens is 208 g/mol. The van der Waals surface area contributed by atoms with Gasteiger partial charge in [-0.05, 0) is 13.1 Å². The monoisotopic (exact) mass is 220 g/mol. The van der Waals surface area contributed by atoms with Crippen LogP contribution in [0.5, 0.6) is 0 Å². The number of aromatic amines is 1. The van der Waals surface area contributed by atoms with Crippen molar-refractivity contribution < 1.29 is 4.42 Å². The quantitative estimate of drug-likeness (QED) is 0.768. The van der Waals surface area contributed by atoms with Crippen LogP contribution in [0.2, 0.25) is 0 Å². The zero-order valence-corrected chi connectivity index (χ0v) is 8.86. The maximum Gasteiger partial charge on any atom is 0.248 e. The summed E-state index contributed by atoms with van der Waals surface area (Å²) in [6.45, 7) is 0.775. The molecule has 2 rings (SSSR count). The lowest BCUT2D eigenvalue weighted by Gasteiger charge is -1.93. The lowest BCUT2D eigenvalue weighted by Crippen LogP contribution is -2.10. The molecule has 0 bridgehead atoms. The molecular formula is C10H12N4O2. The summed E-state index contributed by atoms with van der Waals surface area (Å²) in [5.74, 6) is 0.932. The van der Waals surface area contributed by atoms with Crippen molar-refractivity contribution in [3.8, 4) is 11.5 Å². The standard InChI is InChI=1S/C10H12N4O2/c1-11-4-3-9-13-14-10(16-9)7-2-5-12-8(15)6-7/h2,5-6,11H,3-4H2,1H3,(H,12,15). The van der Waals surface area contributed by atoms with Gasteiger partial charge in [0.1, 0.15) is 0 Å². The number of hydrogen-bond donors (Lipinski definition) is 2. The number of aromatic nitrogens is 3. The number of rotatable bonds is 4. The van der Waals surface area contributed by atoms with Gasteiger partial charge >= 0.3 is 0 Å². The van der Waals surface area contributed by atoms with E-state index in [-0.39, 0.29) is 5.56 Å². The molecule has 6 heteroatoms. The molecule has 0 aliphatic carbocycles. The van der Waals surface area contributed by atoms with Crippen molar-refractivity contribution in [3.05, 3.63) is 34.6 Å². The van der Waals surface area contributed by atoms with Crippen LogP contribution in [0.1, 0.15) is 5.89 Å². The summed E-state index contributed by atoms with van der Waals surface area (Å²) < 4.78 is 5.41. The second-order valence-electron chi connectivity index (χ2n) is 3.30. The molecule has 0 saturated carbocycles. The van der Waals surface area contributed by atoms with Gasteiger partial charge in [0.15, 0.2) is 0 Å². The Balaban J connectivity index is 2.21. The Labute approximate surface area is 91.7 Å². The summed E-state index contributed by atoms with van der Waals surface area (Å²) in [5, 5.41) is 10.8. The fraction of sp³-hybridized carbons (Fsp3) is 0.300. The van der Waals surface area contributed by atoms with Crippen LogP contribution >= 0.6 is 0 Å². The van der Waals surface area contributed by atoms with E-state index in [2.05, 4.69) is 20.5 Å². The Hall–Kier alpha value is -1.95. The molecule has 6 nitrogen and oxygen atoms in total. The Kier molecular flexibility index (Phi) is 3.11. The topological polar surface area (TPSA) is 83.8 Å². The normalized spacial score (nSPS) is 10.6. The van der Waals surface area contributed by atoms with Crippen LogP contribution in [0.4, 0.5) is 0 Å². The van der Waals surface area contributed by atoms with Gasteiger partial charge in [0.25, 0.3) is 0 Å². The first kappa shape index (κ1) is 10.6. The van der Waals surface area contributed by atoms with Gasteiger partial charge in [0, 0.05) is 30.8 Å². The Morgan fingerprint density at radius 2 is 2.38 bits per heavy atom. The van der Waals surface area contributed by atoms with E-state index < -0.39 is 0 Å². The fourth-order valence-corrected chi connectivity index (χ4v) is 1.28. The summed E-state index contributed by atoms with van der Waals surface area (Å²) >= 11 is 0. The highest BCUT2D eigenvalue weighted by Crippen LogP contribution is 2.14. The minimum Gasteiger partial charge on any atom is -0.421 e. The SMILES string of the molecule is CNCCc1nnc(-c2cc[nH]c(=O)c2)o1. The average molecular weight is 220 g/mol. The van der Waals surface area contributed by atoms with E-state index in [4.69, 9.17) is 4.42 Å². The summed E-state index contributed by atoms with van der Waals surface area (Å²) in [4.78, 5) is 13.6. The van der Waals surface area contributed by atoms with Crippen molar-refractivity contribution >= 4 is 0 Å². The fourth-order valence-electron chi connectivity index (χ4n) is 1.28. The van der Waals surface area contributed by atoms with E-state index in [1.165, 1.54) is 6.07 Å². The van der Waals surface area contributed by atoms with E-state index in [0.717, 1.165) is 6.54 Å². The third kappa shape index (κ3) is 2.34. The molecule has 84 valence electrons. The number of nitrogens with zero attached hydrogens (tertiary/aromatic N) is 2. The molecule has 2 aromatic rings. The van der Waals surface area contributed by atoms with Crippen LogP contribution in [0.25, 0.3) is 11.5 Å². The smallest absolute Gasteiger partial charge is 0.248 e. The van der Waals surface area contributed by atoms with Crippen LogP contribution in [-0.2, 0) is 6.42 Å². The van der Waals surface area contributed by atoms with Crippen molar-refractivity contribution in [2.75, 3.05) is 13.6 Å². The van der Waals surface area contributed by atoms with E-state index >= 15 is 0 Å². The van der Waals surface area contributed by atoms with Gasteiger partial charge in [-0.1, -0.05) is 0 Å². The molecule has 0 aliphatic rings. The average Bonchev–Trinajstić information content (AvgIpc) is 2.75. The van der Waals surface area contributed by atoms with Gasteiger partial charge in [-0.3, -0.25) is 4.79 Å². The van der Waals surface area contributed by atoms with Gasteiger partial charge < -0.3 is 14.7 Å². The number of pyridine rings is 1. The molecule has 0 saturated heterocycles. The highest BCUT2D eigenvalue weighted by atomic mass is 16.4. The van der Waals surface area contributed by atoms with E-state index in [0.29, 0.717) is 23.8 Å². The second kappa shape index (κ2) is 4.71. The maximum atomic E-state index is 11.1. The van der Waals surface area contributed by atoms with Gasteiger partial charge in [0.2, 0.25) is 17.3 Å². The highest BCUT2D eigenvalue weighted by molar-refractivity contribution is 5.50. The molecule has 0 unspecified atom stereocenters. The minimum absolute atomic E-state index is 0.188. The van der Waals surface area contributed by atoms with E-state index in [9.17, 15) is 4.79 Å². The number of H-pyrrole nitrogens is 1. The second-order valence-corrected chi connectivity index (χ2v) is 3.30. The van der Waals surface area contributed by atoms with Crippen LogP contribution < -0.4 is 10.9 Å². The van der Waals surface area contributed by atoms with Gasteiger partial charge in [-0.25, -0.2) is 0 Å². The van der Waals surface area contributed by atoms with Crippen molar-refractivity contribution in [2.24, 2.45) is 0 Å². The van der Waals surface area contributed by atoms with Crippen molar-refractivity contribution in [2.45, 2.75) is 6.42 Å². The molecule has 2 N–H and O–H groups in total. The largest absolute Gasteiger partial charge is 0.421 e. The molecule has 0 fully saturated rings. The van der Waals surface area contributed by atoms with Crippen molar-refractivity contribution in [1.29, 1.82) is 0 Å². The molecule has 2 aromatic heterocycles. The van der Waals surface area contributed by atoms with Crippen LogP contribution in [-0.4, -0.2) is 28.8 Å². The third-order valence-corrected chi connectivity index (χ3v) is 2.08. The molecule has 16 heavy (non-hydrogen) atoms. The first-order chi connectivity index (χ1) is 7.79. The maximum absolute atomic E-state index is 11.1. The zero-order valence-electron chi connectivity index (χ0n) is 8.86. The minimum atomic E-state index is -0.188. The zero-order chi connectivity index (χ0) is 11.4. The van der Waals surface area contributed by atoms with Crippen molar-refractivity contribution in [3.63, 3.8) is 0 Å². The number of likely N-dealkylation sites (N-methyl/N-ethyl adjacent to an activating group) is 1. The van der Waals surface area contributed by atoms with Gasteiger partial charge in [-0.15, -0.1) is 10.2 Å². The first-order valence-corrected chi connectivity index (χ1v) is 4.95. The molecule has 0 atom stereocenters. The molecule has 0 amide bonds. The van der Waals surface area contributed by atoms with E-state index in [1.807, 2.05) is 7.05 Å². The Bertz CT molecular complexity index is 517. The van der Waals surface area contributed by atoms with Crippen LogP contribution in [0.15, 0.2) is 27.5 Å². The predicted octanol–water partition coefficient (Wildman–Crippen LogP) is 0.187.